The Kier molecular flexibility index (Phi) is 6.84. The first-order chi connectivity index (χ1) is 13.4. The molecule has 28 heavy (non-hydrogen) atoms. The summed E-state index contributed by atoms with van der Waals surface area (Å²) >= 11 is 7.47. The van der Waals surface area contributed by atoms with Gasteiger partial charge in [-0.1, -0.05) is 29.3 Å². The molecular weight excluding hydrogens is 414 g/mol. The van der Waals surface area contributed by atoms with Gasteiger partial charge in [0.1, 0.15) is 4.75 Å². The average molecular weight is 434 g/mol. The van der Waals surface area contributed by atoms with E-state index in [4.69, 9.17) is 18.0 Å². The molecule has 0 spiro atoms. The van der Waals surface area contributed by atoms with E-state index in [9.17, 15) is 14.1 Å². The largest absolute Gasteiger partial charge is 0.480 e. The Morgan fingerprint density at radius 3 is 2.18 bits per heavy atom. The second kappa shape index (κ2) is 9.15. The molecule has 0 amide bonds. The van der Waals surface area contributed by atoms with Crippen LogP contribution in [0.3, 0.4) is 0 Å². The average Bonchev–Trinajstić information content (AvgIpc) is 2.70. The number of nitrogens with zero attached hydrogens (tertiary/aromatic N) is 1. The number of carboxylic acid groups (broad SMARTS) is 1. The number of carbonyl (C=O) groups is 1. The van der Waals surface area contributed by atoms with Crippen molar-refractivity contribution in [2.24, 2.45) is 0 Å². The molecule has 3 rings (SSSR count). The van der Waals surface area contributed by atoms with Crippen LogP contribution < -0.4 is 0 Å². The van der Waals surface area contributed by atoms with Gasteiger partial charge in [-0.05, 0) is 61.4 Å². The van der Waals surface area contributed by atoms with Crippen LogP contribution in [0, 0.1) is 12.3 Å². The Balaban J connectivity index is 1.74. The van der Waals surface area contributed by atoms with Crippen molar-refractivity contribution in [3.63, 3.8) is 0 Å². The molecule has 4 nitrogen and oxygen atoms in total. The van der Waals surface area contributed by atoms with E-state index in [0.717, 1.165) is 9.79 Å². The lowest BCUT2D eigenvalue weighted by Crippen LogP contribution is -2.52. The summed E-state index contributed by atoms with van der Waals surface area (Å²) in [6.45, 7) is 1.55. The van der Waals surface area contributed by atoms with Crippen LogP contribution in [0.5, 0.6) is 0 Å². The molecule has 146 valence electrons. The van der Waals surface area contributed by atoms with Crippen molar-refractivity contribution in [1.29, 1.82) is 0 Å². The molecule has 1 heterocycles. The summed E-state index contributed by atoms with van der Waals surface area (Å²) in [6.07, 6.45) is 5.97. The molecule has 0 radical (unpaired) electrons. The number of rotatable bonds is 6. The van der Waals surface area contributed by atoms with Crippen molar-refractivity contribution in [2.45, 2.75) is 32.3 Å². The van der Waals surface area contributed by atoms with E-state index in [1.165, 1.54) is 0 Å². The molecule has 0 aromatic heterocycles. The number of hydrogen-bond acceptors (Lipinski definition) is 4. The normalized spacial score (nSPS) is 17.6. The predicted octanol–water partition coefficient (Wildman–Crippen LogP) is 4.15. The molecule has 1 N–H and O–H groups in total. The second-order valence-electron chi connectivity index (χ2n) is 6.58. The van der Waals surface area contributed by atoms with Gasteiger partial charge in [-0.25, -0.2) is 0 Å². The minimum atomic E-state index is -1.64. The van der Waals surface area contributed by atoms with E-state index in [0.29, 0.717) is 42.4 Å². The maximum absolute atomic E-state index is 13.2. The minimum Gasteiger partial charge on any atom is -0.480 e. The van der Waals surface area contributed by atoms with Gasteiger partial charge in [0.25, 0.3) is 0 Å². The minimum absolute atomic E-state index is 0.317. The molecule has 1 aliphatic heterocycles. The molecule has 2 aromatic rings. The first-order valence-corrected chi connectivity index (χ1v) is 11.1. The van der Waals surface area contributed by atoms with Gasteiger partial charge in [0.15, 0.2) is 0 Å². The zero-order valence-corrected chi connectivity index (χ0v) is 17.5. The fourth-order valence-corrected chi connectivity index (χ4v) is 5.66. The Hall–Kier alpha value is -1.78. The lowest BCUT2D eigenvalue weighted by atomic mass is 9.96. The zero-order chi connectivity index (χ0) is 20.1. The highest BCUT2D eigenvalue weighted by Gasteiger charge is 2.47. The van der Waals surface area contributed by atoms with Crippen LogP contribution in [0.4, 0.5) is 0 Å². The molecule has 1 aliphatic rings. The van der Waals surface area contributed by atoms with Crippen molar-refractivity contribution in [3.05, 3.63) is 53.6 Å². The van der Waals surface area contributed by atoms with Gasteiger partial charge in [0.2, 0.25) is 0 Å². The molecule has 1 saturated heterocycles. The standard InChI is InChI=1S/C21H20ClNO3S2/c1-2-13-23-14-11-21(12-15-23,20(24)25)28(26)19-9-7-18(8-10-19)27-17-5-3-16(22)4-6-17/h1,3-10H,11-15H2,(H,24,25). The summed E-state index contributed by atoms with van der Waals surface area (Å²) < 4.78 is 11.9. The third kappa shape index (κ3) is 4.61. The fourth-order valence-electron chi connectivity index (χ4n) is 3.18. The van der Waals surface area contributed by atoms with Crippen LogP contribution in [-0.4, -0.2) is 44.6 Å². The molecule has 0 bridgehead atoms. The summed E-state index contributed by atoms with van der Waals surface area (Å²) in [5, 5.41) is 10.5. The fraction of sp³-hybridized carbons (Fsp3) is 0.286. The number of hydrogen-bond donors (Lipinski definition) is 1. The van der Waals surface area contributed by atoms with Crippen LogP contribution in [0.1, 0.15) is 12.8 Å². The van der Waals surface area contributed by atoms with E-state index in [-0.39, 0.29) is 0 Å². The lowest BCUT2D eigenvalue weighted by molar-refractivity contribution is -0.141. The molecule has 1 atom stereocenters. The summed E-state index contributed by atoms with van der Waals surface area (Å²) in [5.74, 6) is 1.57. The van der Waals surface area contributed by atoms with Gasteiger partial charge >= 0.3 is 5.97 Å². The monoisotopic (exact) mass is 433 g/mol. The van der Waals surface area contributed by atoms with Gasteiger partial charge in [0, 0.05) is 32.8 Å². The van der Waals surface area contributed by atoms with E-state index in [1.54, 1.807) is 23.9 Å². The number of halogens is 1. The topological polar surface area (TPSA) is 57.6 Å². The van der Waals surface area contributed by atoms with Gasteiger partial charge in [0.05, 0.1) is 17.3 Å². The zero-order valence-electron chi connectivity index (χ0n) is 15.1. The molecule has 0 saturated carbocycles. The van der Waals surface area contributed by atoms with Crippen LogP contribution in [0.15, 0.2) is 63.2 Å². The quantitative estimate of drug-likeness (QED) is 0.693. The van der Waals surface area contributed by atoms with E-state index in [1.807, 2.05) is 41.3 Å². The number of benzene rings is 2. The Labute approximate surface area is 176 Å². The van der Waals surface area contributed by atoms with E-state index in [2.05, 4.69) is 5.92 Å². The number of piperidine rings is 1. The van der Waals surface area contributed by atoms with Crippen molar-refractivity contribution in [3.8, 4) is 12.3 Å². The van der Waals surface area contributed by atoms with Crippen LogP contribution in [-0.2, 0) is 15.6 Å². The van der Waals surface area contributed by atoms with E-state index >= 15 is 0 Å². The lowest BCUT2D eigenvalue weighted by Gasteiger charge is -2.37. The number of likely N-dealkylation sites (tertiary alicyclic amines) is 1. The smallest absolute Gasteiger partial charge is 0.322 e. The third-order valence-corrected chi connectivity index (χ3v) is 8.07. The summed E-state index contributed by atoms with van der Waals surface area (Å²) in [6, 6.07) is 14.8. The first kappa shape index (κ1) is 20.9. The second-order valence-corrected chi connectivity index (χ2v) is 9.95. The van der Waals surface area contributed by atoms with Gasteiger partial charge in [-0.15, -0.1) is 6.42 Å². The molecule has 2 aromatic carbocycles. The highest BCUT2D eigenvalue weighted by atomic mass is 35.5. The van der Waals surface area contributed by atoms with Crippen LogP contribution >= 0.6 is 23.4 Å². The van der Waals surface area contributed by atoms with Crippen LogP contribution in [0.2, 0.25) is 5.02 Å². The molecule has 0 aliphatic carbocycles. The van der Waals surface area contributed by atoms with Gasteiger partial charge in [-0.3, -0.25) is 13.9 Å². The van der Waals surface area contributed by atoms with E-state index < -0.39 is 21.5 Å². The third-order valence-electron chi connectivity index (χ3n) is 4.81. The van der Waals surface area contributed by atoms with Crippen molar-refractivity contribution >= 4 is 40.1 Å². The maximum atomic E-state index is 13.2. The summed E-state index contributed by atoms with van der Waals surface area (Å²) in [7, 11) is -1.64. The SMILES string of the molecule is C#CCN1CCC(C(=O)O)(S(=O)c2ccc(Sc3ccc(Cl)cc3)cc2)CC1. The van der Waals surface area contributed by atoms with Crippen molar-refractivity contribution < 1.29 is 14.1 Å². The number of carboxylic acids is 1. The molecular formula is C21H20ClNO3S2. The molecule has 1 unspecified atom stereocenters. The maximum Gasteiger partial charge on any atom is 0.322 e. The van der Waals surface area contributed by atoms with Crippen LogP contribution in [0.25, 0.3) is 0 Å². The van der Waals surface area contributed by atoms with Gasteiger partial charge in [-0.2, -0.15) is 0 Å². The van der Waals surface area contributed by atoms with Gasteiger partial charge < -0.3 is 5.11 Å². The highest BCUT2D eigenvalue weighted by Crippen LogP contribution is 2.34. The first-order valence-electron chi connectivity index (χ1n) is 8.79. The molecule has 1 fully saturated rings. The summed E-state index contributed by atoms with van der Waals surface area (Å²) in [5.41, 5.74) is 0. The highest BCUT2D eigenvalue weighted by molar-refractivity contribution is 7.99. The number of aliphatic carboxylic acids is 1. The van der Waals surface area contributed by atoms with Crippen molar-refractivity contribution in [1.82, 2.24) is 4.90 Å². The Morgan fingerprint density at radius 1 is 1.14 bits per heavy atom. The Morgan fingerprint density at radius 2 is 1.68 bits per heavy atom. The summed E-state index contributed by atoms with van der Waals surface area (Å²) in [4.78, 5) is 16.6. The Bertz CT molecular complexity index is 899. The van der Waals surface area contributed by atoms with Crippen molar-refractivity contribution in [2.75, 3.05) is 19.6 Å². The molecule has 7 heteroatoms. The predicted molar refractivity (Wildman–Crippen MR) is 113 cm³/mol. The number of terminal acetylenes is 1.